The third kappa shape index (κ3) is 3.10. The predicted molar refractivity (Wildman–Crippen MR) is 85.2 cm³/mol. The van der Waals surface area contributed by atoms with Gasteiger partial charge < -0.3 is 10.1 Å². The smallest absolute Gasteiger partial charge is 0.236 e. The Balaban J connectivity index is 1.79. The number of nitrogens with zero attached hydrogens (tertiary/aromatic N) is 2. The monoisotopic (exact) mass is 303 g/mol. The molecule has 0 saturated carbocycles. The quantitative estimate of drug-likeness (QED) is 0.673. The zero-order valence-electron chi connectivity index (χ0n) is 12.3. The molecule has 0 bridgehead atoms. The lowest BCUT2D eigenvalue weighted by molar-refractivity contribution is -0.116. The highest BCUT2D eigenvalue weighted by Gasteiger charge is 2.31. The molecule has 0 aromatic heterocycles. The van der Waals surface area contributed by atoms with E-state index in [9.17, 15) is 4.79 Å². The van der Waals surface area contributed by atoms with Gasteiger partial charge in [0.15, 0.2) is 5.17 Å². The van der Waals surface area contributed by atoms with Gasteiger partial charge in [0.2, 0.25) is 5.91 Å². The van der Waals surface area contributed by atoms with Gasteiger partial charge in [-0.2, -0.15) is 5.10 Å². The molecule has 0 unspecified atom stereocenters. The first kappa shape index (κ1) is 14.1. The molecule has 1 aromatic rings. The largest absolute Gasteiger partial charge is 0.487 e. The van der Waals surface area contributed by atoms with Crippen LogP contribution in [0.3, 0.4) is 0 Å². The Labute approximate surface area is 127 Å². The number of hydrogen-bond acceptors (Lipinski definition) is 5. The second-order valence-corrected chi connectivity index (χ2v) is 6.82. The molecule has 0 atom stereocenters. The molecule has 0 spiro atoms. The summed E-state index contributed by atoms with van der Waals surface area (Å²) < 4.78 is 5.95. The molecule has 1 saturated heterocycles. The topological polar surface area (TPSA) is 63.0 Å². The van der Waals surface area contributed by atoms with E-state index in [1.165, 1.54) is 17.3 Å². The average Bonchev–Trinajstić information content (AvgIpc) is 2.92. The number of benzene rings is 1. The van der Waals surface area contributed by atoms with Crippen LogP contribution in [0.1, 0.15) is 30.5 Å². The SMILES string of the molecule is Cc1cc(C=NN=C2NC(=O)CS2)cc2c1OC(C)(C)C2. The molecule has 0 aliphatic carbocycles. The fourth-order valence-corrected chi connectivity index (χ4v) is 3.16. The zero-order valence-corrected chi connectivity index (χ0v) is 13.1. The van der Waals surface area contributed by atoms with Gasteiger partial charge in [-0.05, 0) is 49.6 Å². The lowest BCUT2D eigenvalue weighted by atomic mass is 9.99. The van der Waals surface area contributed by atoms with Crippen molar-refractivity contribution in [1.82, 2.24) is 5.32 Å². The minimum atomic E-state index is -0.145. The number of amidine groups is 1. The molecular formula is C15H17N3O2S. The first-order valence-corrected chi connectivity index (χ1v) is 7.78. The van der Waals surface area contributed by atoms with E-state index >= 15 is 0 Å². The van der Waals surface area contributed by atoms with Crippen LogP contribution in [-0.2, 0) is 11.2 Å². The van der Waals surface area contributed by atoms with Crippen LogP contribution in [0.2, 0.25) is 0 Å². The average molecular weight is 303 g/mol. The maximum atomic E-state index is 11.0. The fourth-order valence-electron chi connectivity index (χ4n) is 2.53. The van der Waals surface area contributed by atoms with Crippen molar-refractivity contribution in [2.45, 2.75) is 32.8 Å². The van der Waals surface area contributed by atoms with Crippen LogP contribution in [0.25, 0.3) is 0 Å². The second kappa shape index (κ2) is 5.18. The lowest BCUT2D eigenvalue weighted by Crippen LogP contribution is -2.24. The van der Waals surface area contributed by atoms with Gasteiger partial charge in [0.1, 0.15) is 11.4 Å². The van der Waals surface area contributed by atoms with Gasteiger partial charge in [-0.3, -0.25) is 4.79 Å². The maximum absolute atomic E-state index is 11.0. The normalized spacial score (nSPS) is 21.7. The van der Waals surface area contributed by atoms with E-state index in [2.05, 4.69) is 35.4 Å². The van der Waals surface area contributed by atoms with Crippen LogP contribution >= 0.6 is 11.8 Å². The summed E-state index contributed by atoms with van der Waals surface area (Å²) in [5, 5.41) is 11.3. The molecule has 6 heteroatoms. The predicted octanol–water partition coefficient (Wildman–Crippen LogP) is 2.26. The third-order valence-corrected chi connectivity index (χ3v) is 4.17. The summed E-state index contributed by atoms with van der Waals surface area (Å²) in [7, 11) is 0. The van der Waals surface area contributed by atoms with Gasteiger partial charge in [0.05, 0.1) is 12.0 Å². The molecule has 1 aromatic carbocycles. The Kier molecular flexibility index (Phi) is 3.49. The van der Waals surface area contributed by atoms with Crippen LogP contribution in [-0.4, -0.2) is 28.6 Å². The standard InChI is InChI=1S/C15H17N3O2S/c1-9-4-10(5-11-6-15(2,3)20-13(9)11)7-16-18-14-17-12(19)8-21-14/h4-5,7H,6,8H2,1-3H3,(H,17,18,19). The summed E-state index contributed by atoms with van der Waals surface area (Å²) in [4.78, 5) is 11.0. The first-order chi connectivity index (χ1) is 9.93. The number of amides is 1. The maximum Gasteiger partial charge on any atom is 0.236 e. The summed E-state index contributed by atoms with van der Waals surface area (Å²) in [6.45, 7) is 6.22. The number of fused-ring (bicyclic) bond motifs is 1. The third-order valence-electron chi connectivity index (χ3n) is 3.31. The van der Waals surface area contributed by atoms with Crippen LogP contribution < -0.4 is 10.1 Å². The fraction of sp³-hybridized carbons (Fsp3) is 0.400. The van der Waals surface area contributed by atoms with Gasteiger partial charge in [-0.1, -0.05) is 11.8 Å². The van der Waals surface area contributed by atoms with Crippen LogP contribution in [0.15, 0.2) is 22.3 Å². The minimum Gasteiger partial charge on any atom is -0.487 e. The molecule has 5 nitrogen and oxygen atoms in total. The number of hydrogen-bond donors (Lipinski definition) is 1. The Morgan fingerprint density at radius 1 is 1.43 bits per heavy atom. The van der Waals surface area contributed by atoms with Crippen molar-refractivity contribution < 1.29 is 9.53 Å². The van der Waals surface area contributed by atoms with E-state index in [-0.39, 0.29) is 11.5 Å². The zero-order chi connectivity index (χ0) is 15.0. The van der Waals surface area contributed by atoms with E-state index in [0.29, 0.717) is 10.9 Å². The number of carbonyl (C=O) groups is 1. The van der Waals surface area contributed by atoms with Crippen molar-refractivity contribution in [1.29, 1.82) is 0 Å². The van der Waals surface area contributed by atoms with Crippen molar-refractivity contribution >= 4 is 29.1 Å². The van der Waals surface area contributed by atoms with Gasteiger partial charge in [0, 0.05) is 6.42 Å². The molecule has 2 heterocycles. The molecule has 1 N–H and O–H groups in total. The summed E-state index contributed by atoms with van der Waals surface area (Å²) in [5.74, 6) is 1.38. The summed E-state index contributed by atoms with van der Waals surface area (Å²) >= 11 is 1.36. The van der Waals surface area contributed by atoms with Crippen molar-refractivity contribution in [2.75, 3.05) is 5.75 Å². The number of ether oxygens (including phenoxy) is 1. The highest BCUT2D eigenvalue weighted by Crippen LogP contribution is 2.37. The Bertz CT molecular complexity index is 665. The highest BCUT2D eigenvalue weighted by atomic mass is 32.2. The molecule has 2 aliphatic rings. The van der Waals surface area contributed by atoms with E-state index in [4.69, 9.17) is 4.74 Å². The van der Waals surface area contributed by atoms with Crippen molar-refractivity contribution in [3.63, 3.8) is 0 Å². The number of rotatable bonds is 2. The van der Waals surface area contributed by atoms with E-state index in [0.717, 1.165) is 23.3 Å². The highest BCUT2D eigenvalue weighted by molar-refractivity contribution is 8.15. The van der Waals surface area contributed by atoms with E-state index < -0.39 is 0 Å². The van der Waals surface area contributed by atoms with Gasteiger partial charge in [-0.25, -0.2) is 0 Å². The molecule has 2 aliphatic heterocycles. The van der Waals surface area contributed by atoms with E-state index in [1.54, 1.807) is 6.21 Å². The Morgan fingerprint density at radius 3 is 2.95 bits per heavy atom. The number of aryl methyl sites for hydroxylation is 1. The van der Waals surface area contributed by atoms with Crippen molar-refractivity contribution in [3.8, 4) is 5.75 Å². The molecule has 110 valence electrons. The molecule has 1 fully saturated rings. The van der Waals surface area contributed by atoms with E-state index in [1.807, 2.05) is 13.0 Å². The first-order valence-electron chi connectivity index (χ1n) is 6.79. The van der Waals surface area contributed by atoms with Crippen molar-refractivity contribution in [3.05, 3.63) is 28.8 Å². The molecule has 3 rings (SSSR count). The number of nitrogens with one attached hydrogen (secondary N) is 1. The summed E-state index contributed by atoms with van der Waals surface area (Å²) in [5.41, 5.74) is 3.16. The Morgan fingerprint density at radius 2 is 2.24 bits per heavy atom. The lowest BCUT2D eigenvalue weighted by Gasteiger charge is -2.17. The van der Waals surface area contributed by atoms with Crippen LogP contribution in [0.4, 0.5) is 0 Å². The second-order valence-electron chi connectivity index (χ2n) is 5.85. The molecule has 1 amide bonds. The van der Waals surface area contributed by atoms with Gasteiger partial charge in [0.25, 0.3) is 0 Å². The van der Waals surface area contributed by atoms with Crippen LogP contribution in [0.5, 0.6) is 5.75 Å². The molecule has 0 radical (unpaired) electrons. The number of carbonyl (C=O) groups excluding carboxylic acids is 1. The van der Waals surface area contributed by atoms with Gasteiger partial charge >= 0.3 is 0 Å². The van der Waals surface area contributed by atoms with Crippen molar-refractivity contribution in [2.24, 2.45) is 10.2 Å². The summed E-state index contributed by atoms with van der Waals surface area (Å²) in [6.07, 6.45) is 2.60. The van der Waals surface area contributed by atoms with Crippen LogP contribution in [0, 0.1) is 6.92 Å². The summed E-state index contributed by atoms with van der Waals surface area (Å²) in [6, 6.07) is 4.12. The molecule has 21 heavy (non-hydrogen) atoms. The molecular weight excluding hydrogens is 286 g/mol. The Hall–Kier alpha value is -1.82. The number of thioether (sulfide) groups is 1. The minimum absolute atomic E-state index is 0.0262. The van der Waals surface area contributed by atoms with Gasteiger partial charge in [-0.15, -0.1) is 5.10 Å².